The molecule has 3 N–H and O–H groups in total. The highest BCUT2D eigenvalue weighted by Crippen LogP contribution is 2.53. The van der Waals surface area contributed by atoms with E-state index in [1.54, 1.807) is 26.2 Å². The topological polar surface area (TPSA) is 113 Å². The van der Waals surface area contributed by atoms with Crippen molar-refractivity contribution < 1.29 is 14.5 Å². The molecule has 2 unspecified atom stereocenters. The number of fused-ring (bicyclic) bond motifs is 1. The van der Waals surface area contributed by atoms with Crippen molar-refractivity contribution in [2.75, 3.05) is 19.4 Å². The summed E-state index contributed by atoms with van der Waals surface area (Å²) in [5, 5.41) is 20.0. The molecule has 0 radical (unpaired) electrons. The predicted molar refractivity (Wildman–Crippen MR) is 123 cm³/mol. The van der Waals surface area contributed by atoms with Crippen molar-refractivity contribution in [2.24, 2.45) is 5.92 Å². The summed E-state index contributed by atoms with van der Waals surface area (Å²) in [7, 11) is 3.11. The number of allylic oxidation sites excluding steroid dienone is 1. The summed E-state index contributed by atoms with van der Waals surface area (Å²) < 4.78 is 0. The molecule has 1 heterocycles. The maximum atomic E-state index is 13.2. The molecule has 0 fully saturated rings. The van der Waals surface area contributed by atoms with Crippen molar-refractivity contribution >= 4 is 35.0 Å². The number of nitrogens with one attached hydrogen (secondary N) is 3. The Morgan fingerprint density at radius 1 is 1.06 bits per heavy atom. The first-order valence-corrected chi connectivity index (χ1v) is 10.9. The minimum Gasteiger partial charge on any atom is -0.359 e. The third kappa shape index (κ3) is 3.54. The number of benzene rings is 2. The molecule has 1 aliphatic heterocycles. The van der Waals surface area contributed by atoms with Crippen LogP contribution < -0.4 is 16.0 Å². The number of amides is 2. The van der Waals surface area contributed by atoms with Crippen molar-refractivity contribution in [2.45, 2.75) is 17.7 Å². The molecule has 4 rings (SSSR count). The third-order valence-corrected chi connectivity index (χ3v) is 7.08. The van der Waals surface area contributed by atoms with Gasteiger partial charge in [0.15, 0.2) is 0 Å². The van der Waals surface area contributed by atoms with Gasteiger partial charge in [0.2, 0.25) is 11.8 Å². The maximum Gasteiger partial charge on any atom is 0.269 e. The Hall–Kier alpha value is -3.59. The second-order valence-corrected chi connectivity index (χ2v) is 8.55. The Kier molecular flexibility index (Phi) is 5.75. The average molecular weight is 451 g/mol. The summed E-state index contributed by atoms with van der Waals surface area (Å²) >= 11 is 1.53. The smallest absolute Gasteiger partial charge is 0.269 e. The first-order chi connectivity index (χ1) is 15.4. The lowest BCUT2D eigenvalue weighted by molar-refractivity contribution is -0.384. The number of carbonyl (C=O) groups is 2. The minimum atomic E-state index is -0.715. The number of rotatable bonds is 4. The van der Waals surface area contributed by atoms with Crippen LogP contribution in [0.4, 0.5) is 11.4 Å². The molecule has 0 bridgehead atoms. The van der Waals surface area contributed by atoms with Crippen LogP contribution in [0.5, 0.6) is 0 Å². The summed E-state index contributed by atoms with van der Waals surface area (Å²) in [6.07, 6.45) is 0. The molecule has 2 aromatic rings. The Morgan fingerprint density at radius 2 is 1.75 bits per heavy atom. The van der Waals surface area contributed by atoms with Gasteiger partial charge < -0.3 is 16.0 Å². The summed E-state index contributed by atoms with van der Waals surface area (Å²) in [6.45, 7) is 1.88. The van der Waals surface area contributed by atoms with Gasteiger partial charge in [-0.2, -0.15) is 0 Å². The van der Waals surface area contributed by atoms with Gasteiger partial charge in [0, 0.05) is 53.2 Å². The van der Waals surface area contributed by atoms with E-state index in [1.807, 2.05) is 31.2 Å². The zero-order valence-corrected chi connectivity index (χ0v) is 18.6. The zero-order valence-electron chi connectivity index (χ0n) is 17.8. The number of nitro benzene ring substituents is 1. The lowest BCUT2D eigenvalue weighted by Crippen LogP contribution is -2.41. The number of likely N-dealkylation sites (N-methyl/N-ethyl adjacent to an activating group) is 1. The van der Waals surface area contributed by atoms with Crippen molar-refractivity contribution in [3.05, 3.63) is 86.0 Å². The summed E-state index contributed by atoms with van der Waals surface area (Å²) in [5.41, 5.74) is 3.46. The highest BCUT2D eigenvalue weighted by Gasteiger charge is 2.44. The monoisotopic (exact) mass is 450 g/mol. The number of non-ortho nitro benzene ring substituents is 1. The molecular weight excluding hydrogens is 428 g/mol. The van der Waals surface area contributed by atoms with E-state index in [0.717, 1.165) is 26.8 Å². The van der Waals surface area contributed by atoms with Crippen LogP contribution in [0, 0.1) is 16.0 Å². The number of para-hydroxylation sites is 1. The van der Waals surface area contributed by atoms with Gasteiger partial charge in [-0.05, 0) is 30.2 Å². The van der Waals surface area contributed by atoms with Crippen LogP contribution in [-0.4, -0.2) is 30.8 Å². The van der Waals surface area contributed by atoms with Crippen LogP contribution in [0.3, 0.4) is 0 Å². The van der Waals surface area contributed by atoms with E-state index in [4.69, 9.17) is 0 Å². The van der Waals surface area contributed by atoms with Crippen LogP contribution in [0.2, 0.25) is 0 Å². The SMILES string of the molecule is CNC(=O)C1=C(C)C2=C(Nc3ccccc3S2)C(C(=O)NC)C1c1ccc([N+](=O)[O-])cc1. The first-order valence-electron chi connectivity index (χ1n) is 10.0. The fraction of sp³-hybridized carbons (Fsp3) is 0.217. The molecule has 9 heteroatoms. The van der Waals surface area contributed by atoms with Gasteiger partial charge >= 0.3 is 0 Å². The van der Waals surface area contributed by atoms with E-state index < -0.39 is 16.8 Å². The molecule has 2 amide bonds. The van der Waals surface area contributed by atoms with Crippen LogP contribution in [-0.2, 0) is 9.59 Å². The van der Waals surface area contributed by atoms with Gasteiger partial charge in [-0.3, -0.25) is 19.7 Å². The summed E-state index contributed by atoms with van der Waals surface area (Å²) in [5.74, 6) is -1.87. The van der Waals surface area contributed by atoms with E-state index >= 15 is 0 Å². The molecule has 0 aromatic heterocycles. The Bertz CT molecular complexity index is 1190. The van der Waals surface area contributed by atoms with Crippen LogP contribution >= 0.6 is 11.8 Å². The van der Waals surface area contributed by atoms with Gasteiger partial charge in [0.1, 0.15) is 0 Å². The summed E-state index contributed by atoms with van der Waals surface area (Å²) in [6, 6.07) is 13.8. The van der Waals surface area contributed by atoms with E-state index in [-0.39, 0.29) is 17.5 Å². The van der Waals surface area contributed by atoms with Gasteiger partial charge in [0.05, 0.1) is 16.5 Å². The fourth-order valence-electron chi connectivity index (χ4n) is 4.26. The number of hydrogen-bond acceptors (Lipinski definition) is 6. The number of nitro groups is 1. The van der Waals surface area contributed by atoms with Gasteiger partial charge in [-0.25, -0.2) is 0 Å². The molecule has 164 valence electrons. The van der Waals surface area contributed by atoms with E-state index in [9.17, 15) is 19.7 Å². The van der Waals surface area contributed by atoms with Gasteiger partial charge in [0.25, 0.3) is 5.69 Å². The fourth-order valence-corrected chi connectivity index (χ4v) is 5.41. The van der Waals surface area contributed by atoms with E-state index in [2.05, 4.69) is 16.0 Å². The number of nitrogens with zero attached hydrogens (tertiary/aromatic N) is 1. The lowest BCUT2D eigenvalue weighted by Gasteiger charge is -2.39. The average Bonchev–Trinajstić information content (AvgIpc) is 2.82. The van der Waals surface area contributed by atoms with Crippen LogP contribution in [0.15, 0.2) is 75.2 Å². The van der Waals surface area contributed by atoms with Crippen LogP contribution in [0.25, 0.3) is 0 Å². The molecule has 32 heavy (non-hydrogen) atoms. The molecule has 1 aliphatic carbocycles. The highest BCUT2D eigenvalue weighted by molar-refractivity contribution is 8.03. The predicted octanol–water partition coefficient (Wildman–Crippen LogP) is 3.55. The maximum absolute atomic E-state index is 13.2. The first kappa shape index (κ1) is 21.6. The van der Waals surface area contributed by atoms with Gasteiger partial charge in [-0.15, -0.1) is 0 Å². The van der Waals surface area contributed by atoms with Crippen molar-refractivity contribution in [3.8, 4) is 0 Å². The normalized spacial score (nSPS) is 19.5. The zero-order chi connectivity index (χ0) is 23.0. The molecule has 0 spiro atoms. The molecule has 8 nitrogen and oxygen atoms in total. The highest BCUT2D eigenvalue weighted by atomic mass is 32.2. The van der Waals surface area contributed by atoms with E-state index in [0.29, 0.717) is 11.1 Å². The molecule has 2 atom stereocenters. The van der Waals surface area contributed by atoms with Crippen molar-refractivity contribution in [3.63, 3.8) is 0 Å². The summed E-state index contributed by atoms with van der Waals surface area (Å²) in [4.78, 5) is 38.8. The second kappa shape index (κ2) is 8.51. The molecule has 2 aliphatic rings. The quantitative estimate of drug-likeness (QED) is 0.485. The van der Waals surface area contributed by atoms with Crippen molar-refractivity contribution in [1.29, 1.82) is 0 Å². The van der Waals surface area contributed by atoms with E-state index in [1.165, 1.54) is 23.9 Å². The standard InChI is InChI=1S/C23H22N4O4S/c1-12-17(22(28)24-2)18(13-8-10-14(11-9-13)27(30)31)19(23(29)25-3)20-21(12)32-16-7-5-4-6-15(16)26-20/h4-11,18-19,26H,1-3H3,(H,24,28)(H,25,29). The van der Waals surface area contributed by atoms with Crippen LogP contribution in [0.1, 0.15) is 18.4 Å². The van der Waals surface area contributed by atoms with Gasteiger partial charge in [-0.1, -0.05) is 36.0 Å². The molecule has 2 aromatic carbocycles. The third-order valence-electron chi connectivity index (χ3n) is 5.78. The Balaban J connectivity index is 1.93. The second-order valence-electron chi connectivity index (χ2n) is 7.50. The molecule has 0 saturated carbocycles. The Labute approximate surface area is 189 Å². The number of thioether (sulfide) groups is 1. The number of anilines is 1. The Morgan fingerprint density at radius 3 is 2.38 bits per heavy atom. The molecular formula is C23H22N4O4S. The molecule has 0 saturated heterocycles. The largest absolute Gasteiger partial charge is 0.359 e. The number of carbonyl (C=O) groups excluding carboxylic acids is 2. The lowest BCUT2D eigenvalue weighted by atomic mass is 9.72. The number of hydrogen-bond donors (Lipinski definition) is 3. The van der Waals surface area contributed by atoms with Crippen molar-refractivity contribution in [1.82, 2.24) is 10.6 Å². The minimum absolute atomic E-state index is 0.0524.